The van der Waals surface area contributed by atoms with E-state index in [0.29, 0.717) is 5.92 Å². The number of carbonyl (C=O) groups is 1. The van der Waals surface area contributed by atoms with Gasteiger partial charge in [-0.05, 0) is 24.1 Å². The summed E-state index contributed by atoms with van der Waals surface area (Å²) in [6.07, 6.45) is 2.22. The molecular weight excluding hydrogens is 212 g/mol. The largest absolute Gasteiger partial charge is 0.352 e. The molecule has 0 saturated carbocycles. The van der Waals surface area contributed by atoms with Gasteiger partial charge in [0.25, 0.3) is 5.91 Å². The van der Waals surface area contributed by atoms with Gasteiger partial charge in [0.1, 0.15) is 0 Å². The highest BCUT2D eigenvalue weighted by Gasteiger charge is 2.17. The Morgan fingerprint density at radius 1 is 1.35 bits per heavy atom. The summed E-state index contributed by atoms with van der Waals surface area (Å²) < 4.78 is 0. The highest BCUT2D eigenvalue weighted by molar-refractivity contribution is 5.94. The van der Waals surface area contributed by atoms with E-state index >= 15 is 0 Å². The van der Waals surface area contributed by atoms with E-state index in [9.17, 15) is 4.79 Å². The van der Waals surface area contributed by atoms with Gasteiger partial charge < -0.3 is 10.6 Å². The van der Waals surface area contributed by atoms with Crippen molar-refractivity contribution in [3.05, 3.63) is 35.4 Å². The summed E-state index contributed by atoms with van der Waals surface area (Å²) in [6, 6.07) is 7.92. The van der Waals surface area contributed by atoms with Crippen LogP contribution in [0.4, 0.5) is 0 Å². The maximum absolute atomic E-state index is 11.8. The van der Waals surface area contributed by atoms with Gasteiger partial charge in [0.05, 0.1) is 0 Å². The van der Waals surface area contributed by atoms with Crippen molar-refractivity contribution in [1.29, 1.82) is 0 Å². The zero-order valence-electron chi connectivity index (χ0n) is 10.3. The Morgan fingerprint density at radius 2 is 2.06 bits per heavy atom. The van der Waals surface area contributed by atoms with E-state index < -0.39 is 0 Å². The van der Waals surface area contributed by atoms with Crippen molar-refractivity contribution in [3.8, 4) is 0 Å². The second kappa shape index (κ2) is 5.82. The van der Waals surface area contributed by atoms with Gasteiger partial charge in [-0.1, -0.05) is 25.5 Å². The summed E-state index contributed by atoms with van der Waals surface area (Å²) in [6.45, 7) is 4.99. The number of hydrogen-bond donors (Lipinski definition) is 2. The molecule has 3 heteroatoms. The standard InChI is InChI=1S/C14H20N2O/c1-2-3-11-4-6-13(7-5-11)14(17)16-10-12-8-15-9-12/h4-7,12,15H,2-3,8-10H2,1H3,(H,16,17). The molecule has 92 valence electrons. The average molecular weight is 232 g/mol. The van der Waals surface area contributed by atoms with E-state index in [4.69, 9.17) is 0 Å². The van der Waals surface area contributed by atoms with Gasteiger partial charge in [-0.3, -0.25) is 4.79 Å². The first kappa shape index (κ1) is 12.1. The van der Waals surface area contributed by atoms with Crippen molar-refractivity contribution in [2.45, 2.75) is 19.8 Å². The van der Waals surface area contributed by atoms with E-state index in [2.05, 4.69) is 17.6 Å². The smallest absolute Gasteiger partial charge is 0.251 e. The van der Waals surface area contributed by atoms with Gasteiger partial charge in [0.15, 0.2) is 0 Å². The predicted octanol–water partition coefficient (Wildman–Crippen LogP) is 1.59. The van der Waals surface area contributed by atoms with Crippen molar-refractivity contribution in [1.82, 2.24) is 10.6 Å². The summed E-state index contributed by atoms with van der Waals surface area (Å²) in [7, 11) is 0. The maximum Gasteiger partial charge on any atom is 0.251 e. The fourth-order valence-electron chi connectivity index (χ4n) is 1.94. The number of amides is 1. The summed E-state index contributed by atoms with van der Waals surface area (Å²) in [5.41, 5.74) is 2.06. The Labute approximate surface area is 103 Å². The third-order valence-corrected chi connectivity index (χ3v) is 3.17. The number of benzene rings is 1. The SMILES string of the molecule is CCCc1ccc(C(=O)NCC2CNC2)cc1. The third-order valence-electron chi connectivity index (χ3n) is 3.17. The average Bonchev–Trinajstić information content (AvgIpc) is 2.28. The predicted molar refractivity (Wildman–Crippen MR) is 69.1 cm³/mol. The Kier molecular flexibility index (Phi) is 4.15. The van der Waals surface area contributed by atoms with Gasteiger partial charge in [0.2, 0.25) is 0 Å². The van der Waals surface area contributed by atoms with Gasteiger partial charge >= 0.3 is 0 Å². The Morgan fingerprint density at radius 3 is 2.59 bits per heavy atom. The minimum Gasteiger partial charge on any atom is -0.352 e. The number of nitrogens with one attached hydrogen (secondary N) is 2. The minimum atomic E-state index is 0.0416. The van der Waals surface area contributed by atoms with Gasteiger partial charge in [-0.2, -0.15) is 0 Å². The molecule has 1 saturated heterocycles. The Bertz CT molecular complexity index is 368. The summed E-state index contributed by atoms with van der Waals surface area (Å²) in [5.74, 6) is 0.651. The lowest BCUT2D eigenvalue weighted by Gasteiger charge is -2.27. The molecular formula is C14H20N2O. The van der Waals surface area contributed by atoms with Crippen LogP contribution in [-0.4, -0.2) is 25.5 Å². The molecule has 0 spiro atoms. The molecule has 1 aromatic rings. The molecule has 1 aliphatic heterocycles. The molecule has 17 heavy (non-hydrogen) atoms. The van der Waals surface area contributed by atoms with Crippen LogP contribution in [0.2, 0.25) is 0 Å². The lowest BCUT2D eigenvalue weighted by Crippen LogP contribution is -2.48. The zero-order valence-corrected chi connectivity index (χ0v) is 10.3. The summed E-state index contributed by atoms with van der Waals surface area (Å²) in [5, 5.41) is 6.17. The number of hydrogen-bond acceptors (Lipinski definition) is 2. The maximum atomic E-state index is 11.8. The molecule has 0 atom stereocenters. The van der Waals surface area contributed by atoms with Crippen LogP contribution in [0.3, 0.4) is 0 Å². The van der Waals surface area contributed by atoms with Crippen LogP contribution in [0.1, 0.15) is 29.3 Å². The van der Waals surface area contributed by atoms with Gasteiger partial charge in [-0.25, -0.2) is 0 Å². The molecule has 0 radical (unpaired) electrons. The van der Waals surface area contributed by atoms with Crippen LogP contribution < -0.4 is 10.6 Å². The Balaban J connectivity index is 1.84. The van der Waals surface area contributed by atoms with Crippen molar-refractivity contribution in [2.75, 3.05) is 19.6 Å². The first-order valence-corrected chi connectivity index (χ1v) is 6.37. The molecule has 3 nitrogen and oxygen atoms in total. The van der Waals surface area contributed by atoms with E-state index in [0.717, 1.165) is 38.0 Å². The van der Waals surface area contributed by atoms with Gasteiger partial charge in [0, 0.05) is 31.1 Å². The molecule has 1 heterocycles. The molecule has 0 aromatic heterocycles. The van der Waals surface area contributed by atoms with E-state index in [1.54, 1.807) is 0 Å². The fraction of sp³-hybridized carbons (Fsp3) is 0.500. The quantitative estimate of drug-likeness (QED) is 0.809. The van der Waals surface area contributed by atoms with Crippen LogP contribution in [0.5, 0.6) is 0 Å². The van der Waals surface area contributed by atoms with Crippen molar-refractivity contribution in [3.63, 3.8) is 0 Å². The molecule has 1 aromatic carbocycles. The number of rotatable bonds is 5. The number of aryl methyl sites for hydroxylation is 1. The molecule has 0 aliphatic carbocycles. The lowest BCUT2D eigenvalue weighted by molar-refractivity contribution is 0.0942. The Hall–Kier alpha value is -1.35. The summed E-state index contributed by atoms with van der Waals surface area (Å²) >= 11 is 0. The molecule has 2 N–H and O–H groups in total. The van der Waals surface area contributed by atoms with Crippen molar-refractivity contribution in [2.24, 2.45) is 5.92 Å². The van der Waals surface area contributed by atoms with Crippen LogP contribution in [0.15, 0.2) is 24.3 Å². The van der Waals surface area contributed by atoms with Crippen molar-refractivity contribution < 1.29 is 4.79 Å². The van der Waals surface area contributed by atoms with Crippen LogP contribution in [0.25, 0.3) is 0 Å². The first-order chi connectivity index (χ1) is 8.29. The van der Waals surface area contributed by atoms with E-state index in [-0.39, 0.29) is 5.91 Å². The second-order valence-corrected chi connectivity index (χ2v) is 4.68. The monoisotopic (exact) mass is 232 g/mol. The second-order valence-electron chi connectivity index (χ2n) is 4.68. The van der Waals surface area contributed by atoms with Crippen LogP contribution in [0, 0.1) is 5.92 Å². The van der Waals surface area contributed by atoms with Gasteiger partial charge in [-0.15, -0.1) is 0 Å². The fourth-order valence-corrected chi connectivity index (χ4v) is 1.94. The topological polar surface area (TPSA) is 41.1 Å². The first-order valence-electron chi connectivity index (χ1n) is 6.37. The highest BCUT2D eigenvalue weighted by Crippen LogP contribution is 2.07. The van der Waals surface area contributed by atoms with E-state index in [1.165, 1.54) is 5.56 Å². The molecule has 0 unspecified atom stereocenters. The summed E-state index contributed by atoms with van der Waals surface area (Å²) in [4.78, 5) is 11.8. The third kappa shape index (κ3) is 3.30. The molecule has 0 bridgehead atoms. The number of carbonyl (C=O) groups excluding carboxylic acids is 1. The van der Waals surface area contributed by atoms with Crippen molar-refractivity contribution >= 4 is 5.91 Å². The van der Waals surface area contributed by atoms with E-state index in [1.807, 2.05) is 24.3 Å². The lowest BCUT2D eigenvalue weighted by atomic mass is 10.0. The van der Waals surface area contributed by atoms with Crippen LogP contribution >= 0.6 is 0 Å². The minimum absolute atomic E-state index is 0.0416. The highest BCUT2D eigenvalue weighted by atomic mass is 16.1. The van der Waals surface area contributed by atoms with Crippen LogP contribution in [-0.2, 0) is 6.42 Å². The normalized spacial score (nSPS) is 15.4. The molecule has 1 amide bonds. The molecule has 1 aliphatic rings. The molecule has 1 fully saturated rings. The zero-order chi connectivity index (χ0) is 12.1. The molecule has 2 rings (SSSR count).